The molecule has 5 amide bonds. The number of phenols is 2. The number of aromatic nitrogens is 7. The number of amides is 5. The zero-order valence-corrected chi connectivity index (χ0v) is 58.1. The summed E-state index contributed by atoms with van der Waals surface area (Å²) in [5.41, 5.74) is 10.6. The van der Waals surface area contributed by atoms with Crippen molar-refractivity contribution in [3.05, 3.63) is 160 Å². The number of anilines is 3. The summed E-state index contributed by atoms with van der Waals surface area (Å²) < 4.78 is 24.5. The van der Waals surface area contributed by atoms with Crippen LogP contribution in [-0.2, 0) is 63.2 Å². The molecule has 3 aromatic heterocycles. The van der Waals surface area contributed by atoms with E-state index in [1.807, 2.05) is 0 Å². The molecule has 6 atom stereocenters. The number of aryl methyl sites for hydroxylation is 1. The first-order valence-corrected chi connectivity index (χ1v) is 34.7. The molecule has 556 valence electrons. The maximum absolute atomic E-state index is 13.6. The molecule has 1 saturated carbocycles. The van der Waals surface area contributed by atoms with Crippen molar-refractivity contribution in [2.24, 2.45) is 17.8 Å². The fourth-order valence-electron chi connectivity index (χ4n) is 13.5. The lowest BCUT2D eigenvalue weighted by molar-refractivity contribution is -0.145. The molecule has 2 aliphatic carbocycles. The van der Waals surface area contributed by atoms with Crippen LogP contribution in [-0.4, -0.2) is 171 Å². The number of hydrogen-bond acceptors (Lipinski definition) is 25. The second kappa shape index (κ2) is 32.5. The number of phenolic OH excluding ortho intramolecular Hbond substituents is 2. The quantitative estimate of drug-likeness (QED) is 0.0128. The molecule has 2 aliphatic heterocycles. The van der Waals surface area contributed by atoms with Gasteiger partial charge in [0.25, 0.3) is 11.8 Å². The van der Waals surface area contributed by atoms with Gasteiger partial charge >= 0.3 is 30.0 Å². The Labute approximate surface area is 613 Å². The van der Waals surface area contributed by atoms with Crippen molar-refractivity contribution in [2.45, 2.75) is 101 Å². The third-order valence-corrected chi connectivity index (χ3v) is 19.2. The number of fused-ring (bicyclic) bond motifs is 9. The Morgan fingerprint density at radius 2 is 1.32 bits per heavy atom. The lowest BCUT2D eigenvalue weighted by atomic mass is 9.77. The van der Waals surface area contributed by atoms with Gasteiger partial charge in [-0.05, 0) is 173 Å². The van der Waals surface area contributed by atoms with Crippen molar-refractivity contribution in [2.75, 3.05) is 49.7 Å². The van der Waals surface area contributed by atoms with Crippen molar-refractivity contribution in [3.8, 4) is 34.6 Å². The molecule has 1 fully saturated rings. The average Bonchev–Trinajstić information content (AvgIpc) is 1.59. The average molecular weight is 1480 g/mol. The fraction of sp³-hybridized carbons (Fsp3) is 0.333. The number of benzene rings is 5. The summed E-state index contributed by atoms with van der Waals surface area (Å²) in [5, 5.41) is 81.5. The molecule has 0 saturated heterocycles. The predicted octanol–water partition coefficient (Wildman–Crippen LogP) is 4.90. The number of rotatable bonds is 29. The van der Waals surface area contributed by atoms with E-state index in [0.29, 0.717) is 76.8 Å². The molecule has 35 heteroatoms. The van der Waals surface area contributed by atoms with Crippen LogP contribution in [0.4, 0.5) is 22.1 Å². The largest absolute Gasteiger partial charge is 0.508 e. The highest BCUT2D eigenvalue weighted by atomic mass is 32.1. The predicted molar refractivity (Wildman–Crippen MR) is 382 cm³/mol. The van der Waals surface area contributed by atoms with E-state index >= 15 is 0 Å². The summed E-state index contributed by atoms with van der Waals surface area (Å²) in [4.78, 5) is 132. The normalized spacial score (nSPS) is 16.2. The number of aromatic hydroxyl groups is 3. The molecule has 1 spiro atoms. The molecule has 4 aliphatic rings. The second-order valence-electron chi connectivity index (χ2n) is 25.9. The maximum Gasteiger partial charge on any atom is 0.407 e. The van der Waals surface area contributed by atoms with Gasteiger partial charge in [-0.25, -0.2) is 38.6 Å². The Morgan fingerprint density at radius 3 is 2.00 bits per heavy atom. The van der Waals surface area contributed by atoms with Crippen LogP contribution in [0.3, 0.4) is 0 Å². The molecular formula is C72H74N16O18S. The lowest BCUT2D eigenvalue weighted by Gasteiger charge is -2.36. The molecule has 0 bridgehead atoms. The number of aliphatic carboxylic acids is 2. The van der Waals surface area contributed by atoms with Crippen LogP contribution in [0.2, 0.25) is 0 Å². The van der Waals surface area contributed by atoms with Crippen molar-refractivity contribution in [1.82, 2.24) is 66.8 Å². The number of carbonyl (C=O) groups is 9. The van der Waals surface area contributed by atoms with E-state index in [2.05, 4.69) is 72.8 Å². The number of esters is 2. The van der Waals surface area contributed by atoms with Gasteiger partial charge in [0, 0.05) is 83.8 Å². The highest BCUT2D eigenvalue weighted by molar-refractivity contribution is 7.80. The molecular weight excluding hydrogens is 1410 g/mol. The summed E-state index contributed by atoms with van der Waals surface area (Å²) >= 11 is 5.54. The molecule has 15 N–H and O–H groups in total. The Bertz CT molecular complexity index is 4740. The van der Waals surface area contributed by atoms with Gasteiger partial charge in [0.05, 0.1) is 54.8 Å². The van der Waals surface area contributed by atoms with E-state index in [0.717, 1.165) is 37.0 Å². The van der Waals surface area contributed by atoms with E-state index in [4.69, 9.17) is 36.9 Å². The van der Waals surface area contributed by atoms with Gasteiger partial charge in [-0.15, -0.1) is 5.10 Å². The van der Waals surface area contributed by atoms with Crippen molar-refractivity contribution >= 4 is 99.4 Å². The lowest BCUT2D eigenvalue weighted by Crippen LogP contribution is -2.45. The summed E-state index contributed by atoms with van der Waals surface area (Å²) in [7, 11) is 1.14. The minimum Gasteiger partial charge on any atom is -0.508 e. The van der Waals surface area contributed by atoms with Crippen molar-refractivity contribution in [3.63, 3.8) is 0 Å². The van der Waals surface area contributed by atoms with E-state index in [-0.39, 0.29) is 107 Å². The molecule has 5 heterocycles. The van der Waals surface area contributed by atoms with Crippen molar-refractivity contribution < 1.29 is 87.6 Å². The van der Waals surface area contributed by atoms with E-state index in [9.17, 15) is 68.7 Å². The van der Waals surface area contributed by atoms with Crippen LogP contribution in [0.5, 0.6) is 28.9 Å². The van der Waals surface area contributed by atoms with Gasteiger partial charge in [-0.2, -0.15) is 9.97 Å². The Balaban J connectivity index is 0.519. The van der Waals surface area contributed by atoms with E-state index in [1.54, 1.807) is 71.4 Å². The van der Waals surface area contributed by atoms with E-state index in [1.165, 1.54) is 42.6 Å². The number of nitrogens with two attached hydrogens (primary N) is 1. The number of thiocarbonyl (C=S) groups is 1. The minimum atomic E-state index is -1.57. The van der Waals surface area contributed by atoms with Crippen LogP contribution in [0, 0.1) is 17.8 Å². The third-order valence-electron chi connectivity index (χ3n) is 18.9. The fourth-order valence-corrected chi connectivity index (χ4v) is 13.7. The molecule has 12 rings (SSSR count). The Morgan fingerprint density at radius 1 is 0.692 bits per heavy atom. The number of carboxylic acid groups (broad SMARTS) is 2. The third kappa shape index (κ3) is 17.2. The number of alkyl carbamates (subject to hydrolysis) is 1. The first-order valence-electron chi connectivity index (χ1n) is 34.3. The van der Waals surface area contributed by atoms with Gasteiger partial charge in [0.1, 0.15) is 41.1 Å². The zero-order valence-electron chi connectivity index (χ0n) is 57.3. The zero-order chi connectivity index (χ0) is 75.6. The summed E-state index contributed by atoms with van der Waals surface area (Å²) in [6.07, 6.45) is 3.07. The topological polar surface area (TPSA) is 496 Å². The minimum absolute atomic E-state index is 0.0512. The summed E-state index contributed by atoms with van der Waals surface area (Å²) in [6, 6.07) is 22.9. The van der Waals surface area contributed by atoms with Gasteiger partial charge in [-0.1, -0.05) is 11.3 Å². The van der Waals surface area contributed by atoms with Crippen molar-refractivity contribution in [1.29, 1.82) is 0 Å². The maximum atomic E-state index is 13.6. The van der Waals surface area contributed by atoms with Gasteiger partial charge in [-0.3, -0.25) is 19.2 Å². The smallest absolute Gasteiger partial charge is 0.407 e. The number of nitrogens with one attached hydrogen (secondary N) is 8. The van der Waals surface area contributed by atoms with Gasteiger partial charge in [0.15, 0.2) is 21.9 Å². The number of carboxylic acids is 2. The monoisotopic (exact) mass is 1480 g/mol. The first-order chi connectivity index (χ1) is 51.5. The number of ether oxygens (including phenoxy) is 4. The van der Waals surface area contributed by atoms with Gasteiger partial charge in [0.2, 0.25) is 23.6 Å². The van der Waals surface area contributed by atoms with E-state index < -0.39 is 103 Å². The number of carbonyl (C=O) groups excluding carboxylic acids is 7. The second-order valence-corrected chi connectivity index (χ2v) is 26.3. The summed E-state index contributed by atoms with van der Waals surface area (Å²) in [6.45, 7) is 1.11. The van der Waals surface area contributed by atoms with Crippen LogP contribution in [0.1, 0.15) is 123 Å². The first kappa shape index (κ1) is 73.9. The molecule has 8 aromatic rings. The Hall–Kier alpha value is -12.8. The number of methoxy groups -OCH3 is 1. The molecule has 0 radical (unpaired) electrons. The SMILES string of the molecule is COC(=O)[C@H](CCCCNC(=O)c1ccc(-n2nnc3c2CC[C@@H]2[C@H](CC3)[C@@H]2COC(=O)NCCNC(=S)Nc2ccc3c(c2)C(=O)OC32c3ccc(O)cc3Oc3cc(O)ccc32)cc1)NC(=O)CC[C@H](NC(=O)CC[C@H](NC(=O)c1ccc(NCc2cnc3nc(N)nc(O)c3n2)cc1)C(=O)O)C(=O)O. The molecule has 0 unspecified atom stereocenters. The molecule has 107 heavy (non-hydrogen) atoms. The number of hydrogen-bond donors (Lipinski definition) is 14. The Kier molecular flexibility index (Phi) is 22.4. The van der Waals surface area contributed by atoms with Crippen LogP contribution >= 0.6 is 12.2 Å². The van der Waals surface area contributed by atoms with Gasteiger partial charge < -0.3 is 92.7 Å². The summed E-state index contributed by atoms with van der Waals surface area (Å²) in [5.74, 6) is -6.22. The van der Waals surface area contributed by atoms with Crippen LogP contribution < -0.4 is 53.0 Å². The van der Waals surface area contributed by atoms with Crippen LogP contribution in [0.25, 0.3) is 16.9 Å². The highest BCUT2D eigenvalue weighted by Gasteiger charge is 2.54. The highest BCUT2D eigenvalue weighted by Crippen LogP contribution is 2.57. The number of nitrogens with zero attached hydrogens (tertiary/aromatic N) is 7. The number of nitrogen functional groups attached to an aromatic ring is 1. The standard InChI is InChI=1S/C72H74N16O18S/c1-103-68(101)54(82-59(92)25-22-52(65(96)97)81-58(91)26-23-53(66(98)99)83-63(94)37-5-9-38(10-6-37)77-33-40-34-78-61-60(79-40)64(95)85-69(73)84-61)4-2-3-27-74-62(93)36-7-12-41(13-8-36)88-55-24-17-45-44(16-21-51(55)86-87-88)47(45)35-104-71(102)76-29-28-75-70(107)80-39-11-18-48-46(30-39)67(100)106-72(48)49-19-14-42(89)31-56(49)105-57-32-43(90)15-20-50(57)72/h5-15,18-20,30-32,34,44-45,47,52-54,77,89-90H,2-4,16-17,21-29,33,35H2,1H3,(H,74,93)(H,76,102)(H,81,91)(H,82,92)(H,83,94)(H,96,97)(H,98,99)(H2,75,80,107)(H3,73,78,84,85,95)/t44-,45+,47-,52-,53-,54-/m0/s1. The molecule has 5 aromatic carbocycles. The molecule has 34 nitrogen and oxygen atoms in total. The number of unbranched alkanes of at least 4 members (excludes halogenated alkanes) is 1. The van der Waals surface area contributed by atoms with Crippen LogP contribution in [0.15, 0.2) is 109 Å².